The average molecular weight is 305 g/mol. The molecule has 0 saturated carbocycles. The summed E-state index contributed by atoms with van der Waals surface area (Å²) in [4.78, 5) is 22.8. The van der Waals surface area contributed by atoms with Crippen LogP contribution in [0.4, 0.5) is 10.5 Å². The van der Waals surface area contributed by atoms with Crippen LogP contribution in [0.1, 0.15) is 39.7 Å². The smallest absolute Gasteiger partial charge is 0.315 e. The molecule has 1 aromatic carbocycles. The monoisotopic (exact) mass is 305 g/mol. The summed E-state index contributed by atoms with van der Waals surface area (Å²) in [5.74, 6) is 0.346. The minimum Gasteiger partial charge on any atom is -0.338 e. The van der Waals surface area contributed by atoms with Crippen molar-refractivity contribution in [2.45, 2.75) is 46.6 Å². The van der Waals surface area contributed by atoms with Crippen LogP contribution in [0, 0.1) is 5.92 Å². The van der Waals surface area contributed by atoms with Gasteiger partial charge in [0.2, 0.25) is 5.91 Å². The van der Waals surface area contributed by atoms with E-state index < -0.39 is 0 Å². The highest BCUT2D eigenvalue weighted by atomic mass is 16.2. The first-order valence-corrected chi connectivity index (χ1v) is 7.83. The second kappa shape index (κ2) is 9.07. The highest BCUT2D eigenvalue weighted by Gasteiger charge is 2.13. The molecule has 1 aromatic rings. The lowest BCUT2D eigenvalue weighted by Gasteiger charge is -2.20. The van der Waals surface area contributed by atoms with Crippen LogP contribution in [-0.4, -0.2) is 24.5 Å². The molecule has 0 heterocycles. The molecule has 0 unspecified atom stereocenters. The van der Waals surface area contributed by atoms with Gasteiger partial charge in [-0.3, -0.25) is 4.79 Å². The van der Waals surface area contributed by atoms with Crippen molar-refractivity contribution in [1.29, 1.82) is 0 Å². The van der Waals surface area contributed by atoms with Crippen molar-refractivity contribution >= 4 is 17.6 Å². The summed E-state index contributed by atoms with van der Waals surface area (Å²) in [6, 6.07) is 7.72. The highest BCUT2D eigenvalue weighted by Crippen LogP contribution is 2.09. The number of hydrogen-bond donors (Lipinski definition) is 3. The first kappa shape index (κ1) is 18.0. The van der Waals surface area contributed by atoms with Gasteiger partial charge in [-0.15, -0.1) is 0 Å². The van der Waals surface area contributed by atoms with E-state index in [9.17, 15) is 9.59 Å². The van der Waals surface area contributed by atoms with Gasteiger partial charge in [-0.05, 0) is 36.5 Å². The summed E-state index contributed by atoms with van der Waals surface area (Å²) in [6.07, 6.45) is 1.68. The van der Waals surface area contributed by atoms with Crippen LogP contribution in [0.5, 0.6) is 0 Å². The topological polar surface area (TPSA) is 70.2 Å². The van der Waals surface area contributed by atoms with Crippen LogP contribution in [0.25, 0.3) is 0 Å². The Balaban J connectivity index is 2.34. The van der Waals surface area contributed by atoms with Crippen molar-refractivity contribution in [2.24, 2.45) is 5.92 Å². The van der Waals surface area contributed by atoms with Crippen molar-refractivity contribution in [1.82, 2.24) is 10.6 Å². The zero-order chi connectivity index (χ0) is 16.5. The second-order valence-electron chi connectivity index (χ2n) is 5.79. The SMILES string of the molecule is CC[C@H](NC(=O)NCCc1ccc(NC(C)=O)cc1)C(C)C. The lowest BCUT2D eigenvalue weighted by molar-refractivity contribution is -0.114. The number of benzene rings is 1. The van der Waals surface area contributed by atoms with Crippen molar-refractivity contribution in [2.75, 3.05) is 11.9 Å². The van der Waals surface area contributed by atoms with E-state index in [4.69, 9.17) is 0 Å². The highest BCUT2D eigenvalue weighted by molar-refractivity contribution is 5.88. The molecule has 1 rings (SSSR count). The van der Waals surface area contributed by atoms with Crippen molar-refractivity contribution in [3.8, 4) is 0 Å². The maximum atomic E-state index is 11.8. The number of rotatable bonds is 7. The van der Waals surface area contributed by atoms with Gasteiger partial charge in [-0.25, -0.2) is 4.79 Å². The molecule has 122 valence electrons. The molecular weight excluding hydrogens is 278 g/mol. The molecule has 0 aliphatic carbocycles. The van der Waals surface area contributed by atoms with E-state index >= 15 is 0 Å². The van der Waals surface area contributed by atoms with E-state index in [0.717, 1.165) is 24.1 Å². The zero-order valence-electron chi connectivity index (χ0n) is 13.9. The van der Waals surface area contributed by atoms with Gasteiger partial charge in [0.05, 0.1) is 0 Å². The van der Waals surface area contributed by atoms with Gasteiger partial charge >= 0.3 is 6.03 Å². The molecule has 1 atom stereocenters. The third kappa shape index (κ3) is 6.61. The molecule has 0 aliphatic heterocycles. The predicted molar refractivity (Wildman–Crippen MR) is 89.9 cm³/mol. The fourth-order valence-corrected chi connectivity index (χ4v) is 2.24. The standard InChI is InChI=1S/C17H27N3O2/c1-5-16(12(2)3)20-17(22)18-11-10-14-6-8-15(9-7-14)19-13(4)21/h6-9,12,16H,5,10-11H2,1-4H3,(H,19,21)(H2,18,20,22)/t16-/m0/s1. The van der Waals surface area contributed by atoms with E-state index in [-0.39, 0.29) is 18.0 Å². The first-order valence-electron chi connectivity index (χ1n) is 7.83. The van der Waals surface area contributed by atoms with Crippen molar-refractivity contribution < 1.29 is 9.59 Å². The number of amides is 3. The molecule has 0 aliphatic rings. The molecule has 0 bridgehead atoms. The third-order valence-electron chi connectivity index (χ3n) is 3.53. The maximum absolute atomic E-state index is 11.8. The van der Waals surface area contributed by atoms with E-state index in [1.165, 1.54) is 6.92 Å². The van der Waals surface area contributed by atoms with Crippen LogP contribution in [0.2, 0.25) is 0 Å². The van der Waals surface area contributed by atoms with E-state index in [2.05, 4.69) is 36.7 Å². The number of nitrogens with one attached hydrogen (secondary N) is 3. The van der Waals surface area contributed by atoms with Gasteiger partial charge in [0.1, 0.15) is 0 Å². The summed E-state index contributed by atoms with van der Waals surface area (Å²) in [7, 11) is 0. The number of carbonyl (C=O) groups excluding carboxylic acids is 2. The van der Waals surface area contributed by atoms with Crippen LogP contribution in [-0.2, 0) is 11.2 Å². The molecule has 0 aromatic heterocycles. The van der Waals surface area contributed by atoms with E-state index in [0.29, 0.717) is 12.5 Å². The summed E-state index contributed by atoms with van der Waals surface area (Å²) >= 11 is 0. The van der Waals surface area contributed by atoms with Crippen LogP contribution < -0.4 is 16.0 Å². The fraction of sp³-hybridized carbons (Fsp3) is 0.529. The second-order valence-corrected chi connectivity index (χ2v) is 5.79. The van der Waals surface area contributed by atoms with E-state index in [1.54, 1.807) is 0 Å². The molecule has 3 N–H and O–H groups in total. The molecule has 5 heteroatoms. The maximum Gasteiger partial charge on any atom is 0.315 e. The molecular formula is C17H27N3O2. The Bertz CT molecular complexity index is 483. The quantitative estimate of drug-likeness (QED) is 0.725. The van der Waals surface area contributed by atoms with Gasteiger partial charge in [-0.1, -0.05) is 32.9 Å². The normalized spacial score (nSPS) is 11.9. The molecule has 0 radical (unpaired) electrons. The largest absolute Gasteiger partial charge is 0.338 e. The minimum absolute atomic E-state index is 0.0817. The van der Waals surface area contributed by atoms with Gasteiger partial charge in [0, 0.05) is 25.2 Å². The third-order valence-corrected chi connectivity index (χ3v) is 3.53. The Kier molecular flexibility index (Phi) is 7.43. The van der Waals surface area contributed by atoms with Gasteiger partial charge < -0.3 is 16.0 Å². The molecule has 5 nitrogen and oxygen atoms in total. The van der Waals surface area contributed by atoms with Gasteiger partial charge in [0.25, 0.3) is 0 Å². The molecule has 0 saturated heterocycles. The van der Waals surface area contributed by atoms with Crippen LogP contribution in [0.3, 0.4) is 0 Å². The number of hydrogen-bond acceptors (Lipinski definition) is 2. The molecule has 3 amide bonds. The number of urea groups is 1. The number of anilines is 1. The van der Waals surface area contributed by atoms with Crippen molar-refractivity contribution in [3.63, 3.8) is 0 Å². The first-order chi connectivity index (χ1) is 10.4. The minimum atomic E-state index is -0.115. The Morgan fingerprint density at radius 3 is 2.27 bits per heavy atom. The Morgan fingerprint density at radius 1 is 1.14 bits per heavy atom. The molecule has 22 heavy (non-hydrogen) atoms. The molecule has 0 spiro atoms. The molecule has 0 fully saturated rings. The summed E-state index contributed by atoms with van der Waals surface area (Å²) in [5.41, 5.74) is 1.90. The van der Waals surface area contributed by atoms with E-state index in [1.807, 2.05) is 24.3 Å². The summed E-state index contributed by atoms with van der Waals surface area (Å²) in [6.45, 7) is 8.34. The van der Waals surface area contributed by atoms with Gasteiger partial charge in [-0.2, -0.15) is 0 Å². The van der Waals surface area contributed by atoms with Crippen LogP contribution >= 0.6 is 0 Å². The summed E-state index contributed by atoms with van der Waals surface area (Å²) < 4.78 is 0. The lowest BCUT2D eigenvalue weighted by Crippen LogP contribution is -2.44. The predicted octanol–water partition coefficient (Wildman–Crippen LogP) is 2.92. The Morgan fingerprint density at radius 2 is 1.77 bits per heavy atom. The Hall–Kier alpha value is -2.04. The van der Waals surface area contributed by atoms with Crippen molar-refractivity contribution in [3.05, 3.63) is 29.8 Å². The van der Waals surface area contributed by atoms with Crippen LogP contribution in [0.15, 0.2) is 24.3 Å². The lowest BCUT2D eigenvalue weighted by atomic mass is 10.0. The Labute approximate surface area is 132 Å². The number of carbonyl (C=O) groups is 2. The average Bonchev–Trinajstić information content (AvgIpc) is 2.45. The summed E-state index contributed by atoms with van der Waals surface area (Å²) in [5, 5.41) is 8.59. The van der Waals surface area contributed by atoms with Gasteiger partial charge in [0.15, 0.2) is 0 Å². The zero-order valence-corrected chi connectivity index (χ0v) is 13.9. The fourth-order valence-electron chi connectivity index (χ4n) is 2.24.